The zero-order chi connectivity index (χ0) is 22.9. The van der Waals surface area contributed by atoms with Gasteiger partial charge in [0.2, 0.25) is 12.6 Å². The zero-order valence-corrected chi connectivity index (χ0v) is 19.5. The van der Waals surface area contributed by atoms with E-state index in [1.165, 1.54) is 17.0 Å². The fourth-order valence-corrected chi connectivity index (χ4v) is 4.96. The molecule has 9 heteroatoms. The Balaban J connectivity index is 1.25. The molecule has 1 fully saturated rings. The monoisotopic (exact) mass is 465 g/mol. The number of anilines is 4. The Bertz CT molecular complexity index is 1150. The summed E-state index contributed by atoms with van der Waals surface area (Å²) in [4.78, 5) is 22.6. The van der Waals surface area contributed by atoms with Crippen LogP contribution in [-0.2, 0) is 0 Å². The number of fused-ring (bicyclic) bond motifs is 1. The van der Waals surface area contributed by atoms with Gasteiger partial charge in [-0.25, -0.2) is 4.98 Å². The van der Waals surface area contributed by atoms with Gasteiger partial charge in [0.1, 0.15) is 10.7 Å². The quantitative estimate of drug-likeness (QED) is 0.529. The van der Waals surface area contributed by atoms with Crippen LogP contribution < -0.4 is 25.4 Å². The predicted molar refractivity (Wildman–Crippen MR) is 131 cm³/mol. The summed E-state index contributed by atoms with van der Waals surface area (Å²) in [6.45, 7) is 8.87. The first-order valence-electron chi connectivity index (χ1n) is 11.0. The number of aromatic nitrogens is 1. The number of carbonyl (C=O) groups excluding carboxylic acids is 1. The number of nitrogens with one attached hydrogen (secondary N) is 1. The number of hydrogen-bond donors (Lipinski definition) is 2. The van der Waals surface area contributed by atoms with Gasteiger partial charge in [0.25, 0.3) is 0 Å². The Morgan fingerprint density at radius 3 is 2.52 bits per heavy atom. The second kappa shape index (κ2) is 8.92. The van der Waals surface area contributed by atoms with Crippen molar-refractivity contribution in [1.82, 2.24) is 9.88 Å². The molecule has 0 saturated carbocycles. The van der Waals surface area contributed by atoms with E-state index in [2.05, 4.69) is 46.1 Å². The Kier molecular flexibility index (Phi) is 5.82. The van der Waals surface area contributed by atoms with Crippen molar-refractivity contribution in [3.63, 3.8) is 0 Å². The Morgan fingerprint density at radius 1 is 1.06 bits per heavy atom. The second-order valence-electron chi connectivity index (χ2n) is 8.42. The molecule has 1 saturated heterocycles. The van der Waals surface area contributed by atoms with Gasteiger partial charge in [-0.05, 0) is 56.3 Å². The van der Waals surface area contributed by atoms with Crippen LogP contribution in [0.5, 0.6) is 11.5 Å². The first-order chi connectivity index (χ1) is 16.0. The van der Waals surface area contributed by atoms with Crippen molar-refractivity contribution in [2.75, 3.05) is 48.9 Å². The van der Waals surface area contributed by atoms with Crippen LogP contribution >= 0.6 is 11.3 Å². The van der Waals surface area contributed by atoms with E-state index in [4.69, 9.17) is 15.2 Å². The highest BCUT2D eigenvalue weighted by Crippen LogP contribution is 2.35. The summed E-state index contributed by atoms with van der Waals surface area (Å²) in [5, 5.41) is 3.85. The number of carbonyl (C=O) groups is 1. The summed E-state index contributed by atoms with van der Waals surface area (Å²) < 4.78 is 10.7. The van der Waals surface area contributed by atoms with E-state index < -0.39 is 0 Å². The van der Waals surface area contributed by atoms with Crippen LogP contribution in [0.15, 0.2) is 42.5 Å². The van der Waals surface area contributed by atoms with Crippen molar-refractivity contribution >= 4 is 39.4 Å². The van der Waals surface area contributed by atoms with E-state index in [0.717, 1.165) is 31.9 Å². The van der Waals surface area contributed by atoms with Crippen LogP contribution in [0.25, 0.3) is 0 Å². The normalized spacial score (nSPS) is 15.8. The smallest absolute Gasteiger partial charge is 0.231 e. The number of ketones is 1. The number of benzene rings is 2. The molecule has 0 amide bonds. The number of nitrogens with two attached hydrogens (primary N) is 1. The van der Waals surface area contributed by atoms with Crippen molar-refractivity contribution in [2.45, 2.75) is 19.9 Å². The molecule has 3 aromatic rings. The number of hydrogen-bond acceptors (Lipinski definition) is 9. The summed E-state index contributed by atoms with van der Waals surface area (Å²) in [5.41, 5.74) is 8.67. The topological polar surface area (TPSA) is 93.0 Å². The summed E-state index contributed by atoms with van der Waals surface area (Å²) in [6.07, 6.45) is 0. The molecule has 3 heterocycles. The lowest BCUT2D eigenvalue weighted by molar-refractivity contribution is 0.104. The van der Waals surface area contributed by atoms with Crippen molar-refractivity contribution in [3.8, 4) is 11.5 Å². The molecule has 172 valence electrons. The molecule has 1 aromatic heterocycles. The maximum absolute atomic E-state index is 13.0. The standard InChI is InChI=1S/C24H27N5O3S/c1-15(2)28-9-11-29(12-10-28)18-6-4-17(5-7-18)26-24-27-23(25)22(33-24)21(30)16-3-8-19-20(13-16)32-14-31-19/h3-8,13,15H,9-12,14,25H2,1-2H3,(H,26,27). The summed E-state index contributed by atoms with van der Waals surface area (Å²) in [7, 11) is 0. The lowest BCUT2D eigenvalue weighted by atomic mass is 10.1. The number of thiazole rings is 1. The summed E-state index contributed by atoms with van der Waals surface area (Å²) in [5.74, 6) is 1.22. The summed E-state index contributed by atoms with van der Waals surface area (Å²) >= 11 is 1.24. The average molecular weight is 466 g/mol. The van der Waals surface area contributed by atoms with Gasteiger partial charge in [0.05, 0.1) is 0 Å². The van der Waals surface area contributed by atoms with E-state index in [1.807, 2.05) is 12.1 Å². The van der Waals surface area contributed by atoms with Crippen molar-refractivity contribution in [3.05, 3.63) is 52.9 Å². The molecule has 0 atom stereocenters. The average Bonchev–Trinajstić information content (AvgIpc) is 3.44. The van der Waals surface area contributed by atoms with E-state index in [-0.39, 0.29) is 18.4 Å². The fraction of sp³-hybridized carbons (Fsp3) is 0.333. The van der Waals surface area contributed by atoms with Gasteiger partial charge >= 0.3 is 0 Å². The van der Waals surface area contributed by atoms with Gasteiger partial charge in [-0.2, -0.15) is 0 Å². The Hall–Kier alpha value is -3.30. The highest BCUT2D eigenvalue weighted by molar-refractivity contribution is 7.18. The predicted octanol–water partition coefficient (Wildman–Crippen LogP) is 3.96. The third-order valence-corrected chi connectivity index (χ3v) is 7.01. The molecule has 0 spiro atoms. The minimum atomic E-state index is -0.188. The van der Waals surface area contributed by atoms with Crippen LogP contribution in [0, 0.1) is 0 Å². The maximum atomic E-state index is 13.0. The van der Waals surface area contributed by atoms with Crippen LogP contribution in [0.1, 0.15) is 29.1 Å². The van der Waals surface area contributed by atoms with Gasteiger partial charge in [-0.3, -0.25) is 9.69 Å². The molecular formula is C24H27N5O3S. The number of ether oxygens (including phenoxy) is 2. The minimum Gasteiger partial charge on any atom is -0.454 e. The molecule has 5 rings (SSSR count). The van der Waals surface area contributed by atoms with E-state index >= 15 is 0 Å². The van der Waals surface area contributed by atoms with Crippen molar-refractivity contribution in [2.24, 2.45) is 0 Å². The number of rotatable bonds is 6. The molecule has 2 aliphatic heterocycles. The first-order valence-corrected chi connectivity index (χ1v) is 11.9. The fourth-order valence-electron chi connectivity index (χ4n) is 4.09. The van der Waals surface area contributed by atoms with Crippen LogP contribution in [0.2, 0.25) is 0 Å². The molecule has 0 unspecified atom stereocenters. The molecule has 0 bridgehead atoms. The highest BCUT2D eigenvalue weighted by atomic mass is 32.1. The molecule has 33 heavy (non-hydrogen) atoms. The van der Waals surface area contributed by atoms with Gasteiger partial charge < -0.3 is 25.4 Å². The van der Waals surface area contributed by atoms with Gasteiger partial charge in [0, 0.05) is 49.2 Å². The Labute approximate surface area is 196 Å². The summed E-state index contributed by atoms with van der Waals surface area (Å²) in [6, 6.07) is 14.0. The minimum absolute atomic E-state index is 0.163. The van der Waals surface area contributed by atoms with Gasteiger partial charge in [-0.15, -0.1) is 0 Å². The molecule has 8 nitrogen and oxygen atoms in total. The zero-order valence-electron chi connectivity index (χ0n) is 18.7. The van der Waals surface area contributed by atoms with Gasteiger partial charge in [0.15, 0.2) is 16.6 Å². The molecule has 0 aliphatic carbocycles. The van der Waals surface area contributed by atoms with E-state index in [0.29, 0.717) is 33.1 Å². The second-order valence-corrected chi connectivity index (χ2v) is 9.42. The number of nitrogens with zero attached hydrogens (tertiary/aromatic N) is 3. The van der Waals surface area contributed by atoms with E-state index in [9.17, 15) is 4.79 Å². The van der Waals surface area contributed by atoms with Gasteiger partial charge in [-0.1, -0.05) is 11.3 Å². The third-order valence-electron chi connectivity index (χ3n) is 6.02. The van der Waals surface area contributed by atoms with Crippen molar-refractivity contribution in [1.29, 1.82) is 0 Å². The first kappa shape index (κ1) is 21.5. The molecule has 3 N–H and O–H groups in total. The lowest BCUT2D eigenvalue weighted by Gasteiger charge is -2.38. The molecular weight excluding hydrogens is 438 g/mol. The third kappa shape index (κ3) is 4.46. The van der Waals surface area contributed by atoms with Crippen LogP contribution in [0.4, 0.5) is 22.3 Å². The molecule has 2 aromatic carbocycles. The number of piperazine rings is 1. The van der Waals surface area contributed by atoms with Crippen molar-refractivity contribution < 1.29 is 14.3 Å². The van der Waals surface area contributed by atoms with E-state index in [1.54, 1.807) is 18.2 Å². The maximum Gasteiger partial charge on any atom is 0.231 e. The van der Waals surface area contributed by atoms with Crippen LogP contribution in [-0.4, -0.2) is 54.7 Å². The largest absolute Gasteiger partial charge is 0.454 e. The highest BCUT2D eigenvalue weighted by Gasteiger charge is 2.22. The molecule has 2 aliphatic rings. The van der Waals surface area contributed by atoms with Crippen LogP contribution in [0.3, 0.4) is 0 Å². The molecule has 0 radical (unpaired) electrons. The lowest BCUT2D eigenvalue weighted by Crippen LogP contribution is -2.48. The SMILES string of the molecule is CC(C)N1CCN(c2ccc(Nc3nc(N)c(C(=O)c4ccc5c(c4)OCO5)s3)cc2)CC1. The Morgan fingerprint density at radius 2 is 1.79 bits per heavy atom. The number of nitrogen functional groups attached to an aromatic ring is 1.